The lowest BCUT2D eigenvalue weighted by atomic mass is 10.1. The Labute approximate surface area is 197 Å². The third kappa shape index (κ3) is 6.35. The summed E-state index contributed by atoms with van der Waals surface area (Å²) in [4.78, 5) is 19.2. The van der Waals surface area contributed by atoms with Crippen molar-refractivity contribution in [2.45, 2.75) is 53.6 Å². The van der Waals surface area contributed by atoms with Crippen molar-refractivity contribution in [3.63, 3.8) is 0 Å². The van der Waals surface area contributed by atoms with E-state index in [0.717, 1.165) is 22.2 Å². The largest absolute Gasteiger partial charge is 0.490 e. The van der Waals surface area contributed by atoms with Gasteiger partial charge in [-0.25, -0.2) is 4.98 Å². The first-order valence-electron chi connectivity index (χ1n) is 11.5. The summed E-state index contributed by atoms with van der Waals surface area (Å²) < 4.78 is 11.6. The molecule has 0 radical (unpaired) electrons. The predicted octanol–water partition coefficient (Wildman–Crippen LogP) is 6.14. The molecule has 0 saturated carbocycles. The van der Waals surface area contributed by atoms with Crippen molar-refractivity contribution >= 4 is 29.0 Å². The van der Waals surface area contributed by atoms with E-state index in [4.69, 9.17) is 14.5 Å². The Balaban J connectivity index is 1.75. The van der Waals surface area contributed by atoms with E-state index < -0.39 is 0 Å². The van der Waals surface area contributed by atoms with Gasteiger partial charge in [0.1, 0.15) is 0 Å². The lowest BCUT2D eigenvalue weighted by molar-refractivity contribution is -0.137. The number of pyridine rings is 1. The van der Waals surface area contributed by atoms with Gasteiger partial charge < -0.3 is 14.4 Å². The van der Waals surface area contributed by atoms with Crippen molar-refractivity contribution in [1.29, 1.82) is 0 Å². The van der Waals surface area contributed by atoms with Crippen molar-refractivity contribution in [1.82, 2.24) is 9.88 Å². The first-order valence-corrected chi connectivity index (χ1v) is 11.5. The Hall–Kier alpha value is -3.34. The van der Waals surface area contributed by atoms with Gasteiger partial charge in [-0.2, -0.15) is 0 Å². The SMILES string of the molecule is CCOc1cc(/C=C/c2ccc3cc(C)ccc3n2)ccc1OCC(=O)N(C(C)C)C(C)C. The van der Waals surface area contributed by atoms with E-state index in [1.54, 1.807) is 0 Å². The number of fused-ring (bicyclic) bond motifs is 1. The number of hydrogen-bond donors (Lipinski definition) is 0. The maximum Gasteiger partial charge on any atom is 0.260 e. The molecular weight excluding hydrogens is 412 g/mol. The molecule has 2 aromatic carbocycles. The molecule has 3 rings (SSSR count). The molecule has 0 aliphatic rings. The van der Waals surface area contributed by atoms with Gasteiger partial charge in [0.05, 0.1) is 17.8 Å². The predicted molar refractivity (Wildman–Crippen MR) is 136 cm³/mol. The molecule has 0 bridgehead atoms. The topological polar surface area (TPSA) is 51.7 Å². The standard InChI is InChI=1S/C28H34N2O3/c1-7-32-27-17-22(9-12-24-13-11-23-16-21(6)8-14-25(23)29-24)10-15-26(27)33-18-28(31)30(19(2)3)20(4)5/h8-17,19-20H,7,18H2,1-6H3/b12-9+. The average Bonchev–Trinajstić information content (AvgIpc) is 2.76. The highest BCUT2D eigenvalue weighted by Gasteiger charge is 2.21. The lowest BCUT2D eigenvalue weighted by Crippen LogP contribution is -2.44. The monoisotopic (exact) mass is 446 g/mol. The van der Waals surface area contributed by atoms with E-state index >= 15 is 0 Å². The van der Waals surface area contributed by atoms with Crippen LogP contribution in [0, 0.1) is 6.92 Å². The van der Waals surface area contributed by atoms with Gasteiger partial charge in [-0.3, -0.25) is 4.79 Å². The van der Waals surface area contributed by atoms with Crippen molar-refractivity contribution < 1.29 is 14.3 Å². The number of rotatable bonds is 9. The summed E-state index contributed by atoms with van der Waals surface area (Å²) in [5, 5.41) is 1.13. The maximum atomic E-state index is 12.6. The molecular formula is C28H34N2O3. The van der Waals surface area contributed by atoms with Gasteiger partial charge in [-0.15, -0.1) is 0 Å². The van der Waals surface area contributed by atoms with Gasteiger partial charge in [-0.1, -0.05) is 29.8 Å². The number of benzene rings is 2. The van der Waals surface area contributed by atoms with Crippen LogP contribution in [0.5, 0.6) is 11.5 Å². The van der Waals surface area contributed by atoms with Gasteiger partial charge in [0.25, 0.3) is 5.91 Å². The van der Waals surface area contributed by atoms with Crippen LogP contribution < -0.4 is 9.47 Å². The number of aryl methyl sites for hydroxylation is 1. The number of ether oxygens (including phenoxy) is 2. The second-order valence-corrected chi connectivity index (χ2v) is 8.68. The summed E-state index contributed by atoms with van der Waals surface area (Å²) >= 11 is 0. The number of aromatic nitrogens is 1. The van der Waals surface area contributed by atoms with Crippen LogP contribution in [0.4, 0.5) is 0 Å². The van der Waals surface area contributed by atoms with E-state index in [0.29, 0.717) is 18.1 Å². The minimum Gasteiger partial charge on any atom is -0.490 e. The summed E-state index contributed by atoms with van der Waals surface area (Å²) in [6.07, 6.45) is 3.98. The molecule has 0 fully saturated rings. The third-order valence-electron chi connectivity index (χ3n) is 5.33. The van der Waals surface area contributed by atoms with E-state index in [1.165, 1.54) is 5.56 Å². The molecule has 0 atom stereocenters. The highest BCUT2D eigenvalue weighted by Crippen LogP contribution is 2.29. The number of amides is 1. The molecule has 0 aliphatic heterocycles. The van der Waals surface area contributed by atoms with E-state index in [-0.39, 0.29) is 24.6 Å². The van der Waals surface area contributed by atoms with Crippen molar-refractivity contribution in [2.24, 2.45) is 0 Å². The minimum atomic E-state index is -0.0380. The second kappa shape index (κ2) is 11.0. The zero-order valence-electron chi connectivity index (χ0n) is 20.5. The number of nitrogens with zero attached hydrogens (tertiary/aromatic N) is 2. The number of hydrogen-bond acceptors (Lipinski definition) is 4. The number of carbonyl (C=O) groups excluding carboxylic acids is 1. The van der Waals surface area contributed by atoms with Crippen LogP contribution in [0.3, 0.4) is 0 Å². The first kappa shape index (κ1) is 24.3. The quantitative estimate of drug-likeness (QED) is 0.396. The lowest BCUT2D eigenvalue weighted by Gasteiger charge is -2.30. The van der Waals surface area contributed by atoms with Crippen LogP contribution in [0.2, 0.25) is 0 Å². The van der Waals surface area contributed by atoms with E-state index in [9.17, 15) is 4.79 Å². The van der Waals surface area contributed by atoms with Crippen molar-refractivity contribution in [3.05, 3.63) is 65.4 Å². The van der Waals surface area contributed by atoms with Crippen molar-refractivity contribution in [2.75, 3.05) is 13.2 Å². The number of carbonyl (C=O) groups is 1. The van der Waals surface area contributed by atoms with Gasteiger partial charge in [-0.05, 0) is 83.5 Å². The smallest absolute Gasteiger partial charge is 0.260 e. The van der Waals surface area contributed by atoms with Crippen LogP contribution in [0.25, 0.3) is 23.1 Å². The molecule has 0 unspecified atom stereocenters. The van der Waals surface area contributed by atoms with Crippen LogP contribution in [0.15, 0.2) is 48.5 Å². The van der Waals surface area contributed by atoms with E-state index in [2.05, 4.69) is 25.1 Å². The average molecular weight is 447 g/mol. The molecule has 1 amide bonds. The second-order valence-electron chi connectivity index (χ2n) is 8.68. The fourth-order valence-corrected chi connectivity index (χ4v) is 3.94. The maximum absolute atomic E-state index is 12.6. The molecule has 0 aliphatic carbocycles. The summed E-state index contributed by atoms with van der Waals surface area (Å²) in [7, 11) is 0. The van der Waals surface area contributed by atoms with Crippen LogP contribution >= 0.6 is 0 Å². The molecule has 0 N–H and O–H groups in total. The molecule has 174 valence electrons. The fourth-order valence-electron chi connectivity index (χ4n) is 3.94. The molecule has 3 aromatic rings. The van der Waals surface area contributed by atoms with Crippen LogP contribution in [-0.4, -0.2) is 41.1 Å². The summed E-state index contributed by atoms with van der Waals surface area (Å²) in [5.41, 5.74) is 4.05. The van der Waals surface area contributed by atoms with Crippen LogP contribution in [-0.2, 0) is 4.79 Å². The highest BCUT2D eigenvalue weighted by molar-refractivity contribution is 5.82. The fraction of sp³-hybridized carbons (Fsp3) is 0.357. The zero-order valence-corrected chi connectivity index (χ0v) is 20.5. The Kier molecular flexibility index (Phi) is 8.10. The molecule has 0 saturated heterocycles. The molecule has 33 heavy (non-hydrogen) atoms. The Morgan fingerprint density at radius 1 is 0.939 bits per heavy atom. The van der Waals surface area contributed by atoms with Gasteiger partial charge in [0.2, 0.25) is 0 Å². The molecule has 1 heterocycles. The molecule has 5 heteroatoms. The van der Waals surface area contributed by atoms with Crippen LogP contribution in [0.1, 0.15) is 51.4 Å². The van der Waals surface area contributed by atoms with Crippen molar-refractivity contribution in [3.8, 4) is 11.5 Å². The van der Waals surface area contributed by atoms with Gasteiger partial charge in [0.15, 0.2) is 18.1 Å². The minimum absolute atomic E-state index is 0.0217. The molecule has 1 aromatic heterocycles. The zero-order chi connectivity index (χ0) is 24.0. The first-order chi connectivity index (χ1) is 15.8. The molecule has 0 spiro atoms. The van der Waals surface area contributed by atoms with E-state index in [1.807, 2.05) is 82.0 Å². The summed E-state index contributed by atoms with van der Waals surface area (Å²) in [5.74, 6) is 1.15. The summed E-state index contributed by atoms with van der Waals surface area (Å²) in [6, 6.07) is 16.3. The Bertz CT molecular complexity index is 1130. The van der Waals surface area contributed by atoms with Gasteiger partial charge >= 0.3 is 0 Å². The highest BCUT2D eigenvalue weighted by atomic mass is 16.5. The normalized spacial score (nSPS) is 11.5. The Morgan fingerprint density at radius 3 is 2.39 bits per heavy atom. The Morgan fingerprint density at radius 2 is 1.70 bits per heavy atom. The van der Waals surface area contributed by atoms with Gasteiger partial charge in [0, 0.05) is 17.5 Å². The molecule has 5 nitrogen and oxygen atoms in total. The third-order valence-corrected chi connectivity index (χ3v) is 5.33. The summed E-state index contributed by atoms with van der Waals surface area (Å²) in [6.45, 7) is 12.5.